The first-order valence-electron chi connectivity index (χ1n) is 6.41. The van der Waals surface area contributed by atoms with Gasteiger partial charge < -0.3 is 9.47 Å². The van der Waals surface area contributed by atoms with Gasteiger partial charge in [-0.25, -0.2) is 0 Å². The number of methoxy groups -OCH3 is 2. The Morgan fingerprint density at radius 2 is 1.09 bits per heavy atom. The molecule has 0 saturated carbocycles. The van der Waals surface area contributed by atoms with E-state index in [0.717, 1.165) is 34.7 Å². The van der Waals surface area contributed by atoms with Crippen molar-refractivity contribution in [2.45, 2.75) is 12.3 Å². The fourth-order valence-electron chi connectivity index (χ4n) is 1.57. The number of hydrogen-bond acceptors (Lipinski definition) is 2. The molecule has 0 radical (unpaired) electrons. The Morgan fingerprint density at radius 1 is 0.739 bits per heavy atom. The zero-order chi connectivity index (χ0) is 17.6. The van der Waals surface area contributed by atoms with Crippen molar-refractivity contribution in [2.75, 3.05) is 14.2 Å². The van der Waals surface area contributed by atoms with Crippen LogP contribution in [0.2, 0.25) is 0 Å². The van der Waals surface area contributed by atoms with Crippen LogP contribution >= 0.6 is 79.6 Å². The zero-order valence-electron chi connectivity index (χ0n) is 12.7. The van der Waals surface area contributed by atoms with E-state index in [-0.39, 0.29) is 0 Å². The van der Waals surface area contributed by atoms with Gasteiger partial charge in [-0.3, -0.25) is 0 Å². The second-order valence-electron chi connectivity index (χ2n) is 4.42. The van der Waals surface area contributed by atoms with Crippen LogP contribution in [0, 0.1) is 6.92 Å². The molecule has 0 aromatic heterocycles. The van der Waals surface area contributed by atoms with Gasteiger partial charge in [0.2, 0.25) is 0 Å². The molecule has 0 aliphatic heterocycles. The van der Waals surface area contributed by atoms with Crippen LogP contribution in [0.3, 0.4) is 0 Å². The van der Waals surface area contributed by atoms with Crippen molar-refractivity contribution in [1.82, 2.24) is 0 Å². The molecule has 2 nitrogen and oxygen atoms in total. The number of ether oxygens (including phenoxy) is 2. The Balaban J connectivity index is 0.000000231. The van der Waals surface area contributed by atoms with E-state index >= 15 is 0 Å². The summed E-state index contributed by atoms with van der Waals surface area (Å²) in [6.45, 7) is 2.04. The number of benzene rings is 2. The average molecular weight is 639 g/mol. The third-order valence-electron chi connectivity index (χ3n) is 2.97. The van der Waals surface area contributed by atoms with Gasteiger partial charge in [0.25, 0.3) is 0 Å². The lowest BCUT2D eigenvalue weighted by molar-refractivity contribution is 0.414. The summed E-state index contributed by atoms with van der Waals surface area (Å²) in [4.78, 5) is 0. The summed E-state index contributed by atoms with van der Waals surface area (Å²) in [5, 5.41) is 0.818. The fourth-order valence-corrected chi connectivity index (χ4v) is 5.49. The van der Waals surface area contributed by atoms with Gasteiger partial charge in [0.15, 0.2) is 0 Å². The summed E-state index contributed by atoms with van der Waals surface area (Å²) < 4.78 is 14.4. The second kappa shape index (κ2) is 10.4. The predicted molar refractivity (Wildman–Crippen MR) is 114 cm³/mol. The summed E-state index contributed by atoms with van der Waals surface area (Å²) in [6.07, 6.45) is 0. The molecule has 2 aromatic rings. The molecule has 2 rings (SSSR count). The van der Waals surface area contributed by atoms with Gasteiger partial charge in [-0.1, -0.05) is 79.6 Å². The van der Waals surface area contributed by atoms with Crippen LogP contribution in [0.1, 0.15) is 11.1 Å². The number of alkyl halides is 1. The van der Waals surface area contributed by atoms with Gasteiger partial charge >= 0.3 is 0 Å². The van der Waals surface area contributed by atoms with Gasteiger partial charge in [0, 0.05) is 23.2 Å². The largest absolute Gasteiger partial charge is 0.497 e. The Morgan fingerprint density at radius 3 is 1.39 bits per heavy atom. The molecular weight excluding hydrogens is 624 g/mol. The van der Waals surface area contributed by atoms with E-state index in [9.17, 15) is 0 Å². The molecule has 0 unspecified atom stereocenters. The molecule has 0 spiro atoms. The van der Waals surface area contributed by atoms with Gasteiger partial charge in [0.05, 0.1) is 14.2 Å². The number of rotatable bonds is 3. The van der Waals surface area contributed by atoms with Gasteiger partial charge in [-0.05, 0) is 42.3 Å². The van der Waals surface area contributed by atoms with Crippen molar-refractivity contribution in [3.05, 3.63) is 53.3 Å². The SMILES string of the molecule is COc1cc(Br)c(C)c(Br)c1.COc1cc(Br)c(CBr)c(Br)c1. The molecule has 0 amide bonds. The zero-order valence-corrected chi connectivity index (χ0v) is 20.7. The smallest absolute Gasteiger partial charge is 0.121 e. The normalized spacial score (nSPS) is 9.91. The van der Waals surface area contributed by atoms with Crippen molar-refractivity contribution in [1.29, 1.82) is 0 Å². The Labute approximate surface area is 179 Å². The predicted octanol–water partition coefficient (Wildman–Crippen LogP) is 7.64. The van der Waals surface area contributed by atoms with Crippen molar-refractivity contribution in [2.24, 2.45) is 0 Å². The summed E-state index contributed by atoms with van der Waals surface area (Å²) in [5.41, 5.74) is 2.38. The first-order chi connectivity index (χ1) is 10.8. The molecule has 23 heavy (non-hydrogen) atoms. The van der Waals surface area contributed by atoms with Gasteiger partial charge in [-0.2, -0.15) is 0 Å². The Hall–Kier alpha value is 0.440. The minimum Gasteiger partial charge on any atom is -0.497 e. The van der Waals surface area contributed by atoms with E-state index < -0.39 is 0 Å². The van der Waals surface area contributed by atoms with E-state index in [0.29, 0.717) is 0 Å². The quantitative estimate of drug-likeness (QED) is 0.322. The number of hydrogen-bond donors (Lipinski definition) is 0. The Kier molecular flexibility index (Phi) is 9.75. The molecule has 0 N–H and O–H groups in total. The fraction of sp³-hybridized carbons (Fsp3) is 0.250. The molecule has 0 bridgehead atoms. The van der Waals surface area contributed by atoms with Gasteiger partial charge in [-0.15, -0.1) is 0 Å². The molecule has 0 fully saturated rings. The summed E-state index contributed by atoms with van der Waals surface area (Å²) in [5.74, 6) is 1.70. The third-order valence-corrected chi connectivity index (χ3v) is 6.60. The van der Waals surface area contributed by atoms with Crippen LogP contribution in [-0.4, -0.2) is 14.2 Å². The van der Waals surface area contributed by atoms with Crippen molar-refractivity contribution in [3.63, 3.8) is 0 Å². The average Bonchev–Trinajstić information content (AvgIpc) is 2.52. The molecule has 7 heteroatoms. The van der Waals surface area contributed by atoms with Crippen molar-refractivity contribution in [3.8, 4) is 11.5 Å². The Bertz CT molecular complexity index is 628. The highest BCUT2D eigenvalue weighted by atomic mass is 79.9. The maximum atomic E-state index is 5.10. The third kappa shape index (κ3) is 6.34. The summed E-state index contributed by atoms with van der Waals surface area (Å²) in [7, 11) is 3.31. The maximum absolute atomic E-state index is 5.10. The lowest BCUT2D eigenvalue weighted by Crippen LogP contribution is -1.87. The van der Waals surface area contributed by atoms with E-state index in [4.69, 9.17) is 9.47 Å². The summed E-state index contributed by atoms with van der Waals surface area (Å²) >= 11 is 17.2. The van der Waals surface area contributed by atoms with E-state index in [2.05, 4.69) is 79.6 Å². The van der Waals surface area contributed by atoms with Crippen LogP contribution in [-0.2, 0) is 5.33 Å². The molecule has 0 heterocycles. The molecule has 0 saturated heterocycles. The first-order valence-corrected chi connectivity index (χ1v) is 10.7. The topological polar surface area (TPSA) is 18.5 Å². The van der Waals surface area contributed by atoms with E-state index in [1.807, 2.05) is 31.2 Å². The maximum Gasteiger partial charge on any atom is 0.121 e. The van der Waals surface area contributed by atoms with Crippen LogP contribution in [0.5, 0.6) is 11.5 Å². The first kappa shape index (κ1) is 21.5. The van der Waals surface area contributed by atoms with Gasteiger partial charge in [0.1, 0.15) is 11.5 Å². The van der Waals surface area contributed by atoms with Crippen molar-refractivity contribution < 1.29 is 9.47 Å². The molecule has 0 atom stereocenters. The number of halogens is 5. The second-order valence-corrected chi connectivity index (χ2v) is 8.40. The van der Waals surface area contributed by atoms with Crippen molar-refractivity contribution >= 4 is 79.6 Å². The molecule has 0 aliphatic carbocycles. The highest BCUT2D eigenvalue weighted by Crippen LogP contribution is 2.32. The molecule has 2 aromatic carbocycles. The van der Waals surface area contributed by atoms with E-state index in [1.54, 1.807) is 14.2 Å². The molecule has 126 valence electrons. The van der Waals surface area contributed by atoms with Crippen LogP contribution in [0.25, 0.3) is 0 Å². The van der Waals surface area contributed by atoms with Crippen LogP contribution < -0.4 is 9.47 Å². The van der Waals surface area contributed by atoms with E-state index in [1.165, 1.54) is 11.1 Å². The monoisotopic (exact) mass is 634 g/mol. The molecule has 0 aliphatic rings. The minimum atomic E-state index is 0.818. The van der Waals surface area contributed by atoms with Crippen LogP contribution in [0.4, 0.5) is 0 Å². The van der Waals surface area contributed by atoms with Crippen LogP contribution in [0.15, 0.2) is 42.2 Å². The summed E-state index contributed by atoms with van der Waals surface area (Å²) in [6, 6.07) is 7.78. The standard InChI is InChI=1S/C8H7Br3O.C8H8Br2O/c1-12-5-2-7(10)6(4-9)8(11)3-5;1-5-7(9)3-6(11-2)4-8(5)10/h2-3H,4H2,1H3;3-4H,1-2H3. The highest BCUT2D eigenvalue weighted by Gasteiger charge is 2.05. The lowest BCUT2D eigenvalue weighted by atomic mass is 10.2. The molecular formula is C16H15Br5O2. The minimum absolute atomic E-state index is 0.818. The lowest BCUT2D eigenvalue weighted by Gasteiger charge is -2.06. The highest BCUT2D eigenvalue weighted by molar-refractivity contribution is 9.11.